The molecule has 1 aliphatic rings. The van der Waals surface area contributed by atoms with Crippen molar-refractivity contribution in [2.24, 2.45) is 5.73 Å². The highest BCUT2D eigenvalue weighted by atomic mass is 32.2. The van der Waals surface area contributed by atoms with Crippen molar-refractivity contribution in [1.29, 1.82) is 0 Å². The summed E-state index contributed by atoms with van der Waals surface area (Å²) in [4.78, 5) is 8.90. The molecule has 19 heavy (non-hydrogen) atoms. The number of imidazole rings is 1. The van der Waals surface area contributed by atoms with E-state index in [0.29, 0.717) is 31.2 Å². The molecular formula is C10H17N5O2S2. The Morgan fingerprint density at radius 3 is 2.58 bits per heavy atom. The van der Waals surface area contributed by atoms with Crippen molar-refractivity contribution >= 4 is 27.2 Å². The van der Waals surface area contributed by atoms with E-state index in [9.17, 15) is 8.42 Å². The first-order valence-corrected chi connectivity index (χ1v) is 7.79. The van der Waals surface area contributed by atoms with Crippen molar-refractivity contribution in [2.45, 2.75) is 18.0 Å². The average Bonchev–Trinajstić information content (AvgIpc) is 2.92. The van der Waals surface area contributed by atoms with E-state index in [2.05, 4.69) is 14.9 Å². The van der Waals surface area contributed by atoms with Crippen LogP contribution in [0.3, 0.4) is 0 Å². The second kappa shape index (κ2) is 5.53. The van der Waals surface area contributed by atoms with Gasteiger partial charge in [0.05, 0.1) is 23.6 Å². The summed E-state index contributed by atoms with van der Waals surface area (Å²) in [5, 5.41) is 0.128. The number of hydrogen-bond acceptors (Lipinski definition) is 5. The van der Waals surface area contributed by atoms with Gasteiger partial charge in [0.1, 0.15) is 0 Å². The fraction of sp³-hybridized carbons (Fsp3) is 0.600. The lowest BCUT2D eigenvalue weighted by molar-refractivity contribution is 0.174. The number of H-pyrrole nitrogens is 1. The SMILES string of the molecule is CC(C(N)=S)N1CCN(S(=O)(=O)c2cnc[nH]2)CC1. The molecule has 2 heterocycles. The van der Waals surface area contributed by atoms with Crippen molar-refractivity contribution in [2.75, 3.05) is 26.2 Å². The summed E-state index contributed by atoms with van der Waals surface area (Å²) in [6.07, 6.45) is 2.68. The highest BCUT2D eigenvalue weighted by molar-refractivity contribution is 7.89. The van der Waals surface area contributed by atoms with Crippen molar-refractivity contribution in [3.63, 3.8) is 0 Å². The molecule has 0 spiro atoms. The molecule has 1 aromatic rings. The van der Waals surface area contributed by atoms with E-state index in [1.165, 1.54) is 16.8 Å². The van der Waals surface area contributed by atoms with Crippen LogP contribution in [-0.4, -0.2) is 64.8 Å². The Bertz CT molecular complexity index is 534. The normalized spacial score (nSPS) is 20.3. The highest BCUT2D eigenvalue weighted by Crippen LogP contribution is 2.15. The number of rotatable bonds is 4. The zero-order valence-electron chi connectivity index (χ0n) is 10.6. The maximum atomic E-state index is 12.2. The fourth-order valence-corrected chi connectivity index (χ4v) is 3.50. The zero-order valence-corrected chi connectivity index (χ0v) is 12.2. The van der Waals surface area contributed by atoms with Gasteiger partial charge >= 0.3 is 0 Å². The molecule has 2 rings (SSSR count). The Kier molecular flexibility index (Phi) is 4.19. The van der Waals surface area contributed by atoms with Crippen LogP contribution in [-0.2, 0) is 10.0 Å². The number of aromatic nitrogens is 2. The smallest absolute Gasteiger partial charge is 0.260 e. The predicted molar refractivity (Wildman–Crippen MR) is 75.2 cm³/mol. The minimum Gasteiger partial charge on any atom is -0.392 e. The van der Waals surface area contributed by atoms with Gasteiger partial charge in [-0.2, -0.15) is 4.31 Å². The summed E-state index contributed by atoms with van der Waals surface area (Å²) in [7, 11) is -3.46. The highest BCUT2D eigenvalue weighted by Gasteiger charge is 2.31. The van der Waals surface area contributed by atoms with E-state index < -0.39 is 10.0 Å². The third-order valence-electron chi connectivity index (χ3n) is 3.32. The van der Waals surface area contributed by atoms with Crippen LogP contribution in [0.2, 0.25) is 0 Å². The lowest BCUT2D eigenvalue weighted by Crippen LogP contribution is -2.53. The molecule has 3 N–H and O–H groups in total. The first-order chi connectivity index (χ1) is 8.93. The molecule has 1 fully saturated rings. The largest absolute Gasteiger partial charge is 0.392 e. The van der Waals surface area contributed by atoms with Crippen LogP contribution < -0.4 is 5.73 Å². The monoisotopic (exact) mass is 303 g/mol. The Morgan fingerprint density at radius 2 is 2.11 bits per heavy atom. The summed E-state index contributed by atoms with van der Waals surface area (Å²) in [5.41, 5.74) is 5.61. The number of piperazine rings is 1. The van der Waals surface area contributed by atoms with Crippen molar-refractivity contribution in [3.8, 4) is 0 Å². The molecule has 0 aromatic carbocycles. The number of thiocarbonyl (C=S) groups is 1. The second-order valence-electron chi connectivity index (χ2n) is 4.43. The van der Waals surface area contributed by atoms with Crippen LogP contribution in [0.15, 0.2) is 17.6 Å². The van der Waals surface area contributed by atoms with E-state index in [0.717, 1.165) is 0 Å². The molecular weight excluding hydrogens is 286 g/mol. The van der Waals surface area contributed by atoms with Crippen LogP contribution in [0, 0.1) is 0 Å². The van der Waals surface area contributed by atoms with Gasteiger partial charge in [-0.05, 0) is 6.92 Å². The summed E-state index contributed by atoms with van der Waals surface area (Å²) < 4.78 is 25.9. The third-order valence-corrected chi connectivity index (χ3v) is 5.49. The molecule has 106 valence electrons. The van der Waals surface area contributed by atoms with Gasteiger partial charge < -0.3 is 10.7 Å². The molecule has 0 amide bonds. The van der Waals surface area contributed by atoms with Gasteiger partial charge in [-0.25, -0.2) is 13.4 Å². The standard InChI is InChI=1S/C10H17N5O2S2/c1-8(10(11)18)14-2-4-15(5-3-14)19(16,17)9-6-12-7-13-9/h6-8H,2-5H2,1H3,(H2,11,18)(H,12,13). The van der Waals surface area contributed by atoms with Gasteiger partial charge in [-0.15, -0.1) is 0 Å². The van der Waals surface area contributed by atoms with Crippen LogP contribution in [0.4, 0.5) is 0 Å². The molecule has 1 atom stereocenters. The average molecular weight is 303 g/mol. The van der Waals surface area contributed by atoms with E-state index >= 15 is 0 Å². The maximum absolute atomic E-state index is 12.2. The van der Waals surface area contributed by atoms with Crippen molar-refractivity contribution < 1.29 is 8.42 Å². The first-order valence-electron chi connectivity index (χ1n) is 5.95. The fourth-order valence-electron chi connectivity index (χ4n) is 2.03. The van der Waals surface area contributed by atoms with Gasteiger partial charge in [0, 0.05) is 26.2 Å². The van der Waals surface area contributed by atoms with Crippen molar-refractivity contribution in [3.05, 3.63) is 12.5 Å². The number of nitrogens with two attached hydrogens (primary N) is 1. The third kappa shape index (κ3) is 2.94. The minimum atomic E-state index is -3.46. The molecule has 7 nitrogen and oxygen atoms in total. The summed E-state index contributed by atoms with van der Waals surface area (Å²) >= 11 is 4.96. The summed E-state index contributed by atoms with van der Waals surface area (Å²) in [6.45, 7) is 4.02. The van der Waals surface area contributed by atoms with Gasteiger partial charge in [0.25, 0.3) is 10.0 Å². The molecule has 1 unspecified atom stereocenters. The Labute approximate surface area is 117 Å². The Balaban J connectivity index is 2.03. The Morgan fingerprint density at radius 1 is 1.47 bits per heavy atom. The summed E-state index contributed by atoms with van der Waals surface area (Å²) in [6, 6.07) is -0.00740. The van der Waals surface area contributed by atoms with Crippen LogP contribution in [0.5, 0.6) is 0 Å². The molecule has 0 bridgehead atoms. The number of sulfonamides is 1. The molecule has 1 aromatic heterocycles. The number of hydrogen-bond donors (Lipinski definition) is 2. The predicted octanol–water partition coefficient (Wildman–Crippen LogP) is -0.609. The number of nitrogens with one attached hydrogen (secondary N) is 1. The van der Waals surface area contributed by atoms with Gasteiger partial charge in [-0.1, -0.05) is 12.2 Å². The van der Waals surface area contributed by atoms with Crippen LogP contribution in [0.1, 0.15) is 6.92 Å². The number of nitrogens with zero attached hydrogens (tertiary/aromatic N) is 3. The van der Waals surface area contributed by atoms with E-state index in [-0.39, 0.29) is 11.1 Å². The Hall–Kier alpha value is -1.03. The molecule has 1 saturated heterocycles. The van der Waals surface area contributed by atoms with E-state index in [1.807, 2.05) is 6.92 Å². The van der Waals surface area contributed by atoms with E-state index in [4.69, 9.17) is 18.0 Å². The van der Waals surface area contributed by atoms with Crippen LogP contribution >= 0.6 is 12.2 Å². The van der Waals surface area contributed by atoms with Gasteiger partial charge in [-0.3, -0.25) is 4.90 Å². The van der Waals surface area contributed by atoms with Gasteiger partial charge in [0.15, 0.2) is 5.03 Å². The lowest BCUT2D eigenvalue weighted by atomic mass is 10.2. The summed E-state index contributed by atoms with van der Waals surface area (Å²) in [5.74, 6) is 0. The topological polar surface area (TPSA) is 95.3 Å². The zero-order chi connectivity index (χ0) is 14.0. The molecule has 0 saturated carbocycles. The molecule has 1 aliphatic heterocycles. The minimum absolute atomic E-state index is 0.00740. The lowest BCUT2D eigenvalue weighted by Gasteiger charge is -2.36. The maximum Gasteiger partial charge on any atom is 0.260 e. The molecule has 0 radical (unpaired) electrons. The molecule has 0 aliphatic carbocycles. The quantitative estimate of drug-likeness (QED) is 0.721. The first kappa shape index (κ1) is 14.4. The van der Waals surface area contributed by atoms with Gasteiger partial charge in [0.2, 0.25) is 0 Å². The second-order valence-corrected chi connectivity index (χ2v) is 6.81. The number of aromatic amines is 1. The van der Waals surface area contributed by atoms with Crippen molar-refractivity contribution in [1.82, 2.24) is 19.2 Å². The van der Waals surface area contributed by atoms with E-state index in [1.54, 1.807) is 0 Å². The molecule has 9 heteroatoms. The van der Waals surface area contributed by atoms with Crippen LogP contribution in [0.25, 0.3) is 0 Å².